The van der Waals surface area contributed by atoms with Crippen LogP contribution < -0.4 is 5.73 Å². The molecule has 1 aliphatic carbocycles. The van der Waals surface area contributed by atoms with E-state index in [1.54, 1.807) is 0 Å². The van der Waals surface area contributed by atoms with Crippen LogP contribution in [0.1, 0.15) is 39.5 Å². The van der Waals surface area contributed by atoms with Crippen LogP contribution >= 0.6 is 12.2 Å². The lowest BCUT2D eigenvalue weighted by Crippen LogP contribution is -2.44. The number of nitrogens with two attached hydrogens (primary N) is 1. The molecule has 1 fully saturated rings. The van der Waals surface area contributed by atoms with E-state index in [1.807, 2.05) is 13.8 Å². The number of ether oxygens (including phenoxy) is 1. The zero-order chi connectivity index (χ0) is 12.8. The van der Waals surface area contributed by atoms with E-state index in [0.29, 0.717) is 24.1 Å². The third-order valence-corrected chi connectivity index (χ3v) is 3.18. The number of carbonyl (C=O) groups excluding carboxylic acids is 1. The van der Waals surface area contributed by atoms with E-state index >= 15 is 0 Å². The summed E-state index contributed by atoms with van der Waals surface area (Å²) in [5.41, 5.74) is 5.53. The standard InChI is InChI=1S/C12H22N2O2S/c1-3-10(12(15)16-4-2)14(9-5-6-9)8-7-11(13)17/h9-10H,3-8H2,1-2H3,(H2,13,17). The molecule has 0 aliphatic heterocycles. The van der Waals surface area contributed by atoms with Crippen molar-refractivity contribution in [3.05, 3.63) is 0 Å². The van der Waals surface area contributed by atoms with E-state index in [4.69, 9.17) is 22.7 Å². The van der Waals surface area contributed by atoms with Crippen LogP contribution in [0.4, 0.5) is 0 Å². The van der Waals surface area contributed by atoms with Crippen molar-refractivity contribution in [2.24, 2.45) is 5.73 Å². The molecule has 0 radical (unpaired) electrons. The summed E-state index contributed by atoms with van der Waals surface area (Å²) in [6, 6.07) is 0.371. The number of hydrogen-bond acceptors (Lipinski definition) is 4. The lowest BCUT2D eigenvalue weighted by Gasteiger charge is -2.29. The Morgan fingerprint density at radius 3 is 2.59 bits per heavy atom. The van der Waals surface area contributed by atoms with Gasteiger partial charge in [-0.05, 0) is 26.2 Å². The van der Waals surface area contributed by atoms with E-state index in [9.17, 15) is 4.79 Å². The van der Waals surface area contributed by atoms with Gasteiger partial charge in [-0.3, -0.25) is 9.69 Å². The molecule has 98 valence electrons. The van der Waals surface area contributed by atoms with Crippen LogP contribution in [-0.2, 0) is 9.53 Å². The molecule has 0 aromatic rings. The van der Waals surface area contributed by atoms with E-state index in [-0.39, 0.29) is 12.0 Å². The molecule has 0 aromatic carbocycles. The first kappa shape index (κ1) is 14.4. The Bertz CT molecular complexity index is 280. The third-order valence-electron chi connectivity index (χ3n) is 2.98. The van der Waals surface area contributed by atoms with Crippen molar-refractivity contribution in [2.75, 3.05) is 13.2 Å². The van der Waals surface area contributed by atoms with Gasteiger partial charge in [0.05, 0.1) is 11.6 Å². The zero-order valence-electron chi connectivity index (χ0n) is 10.6. The molecule has 1 saturated carbocycles. The maximum atomic E-state index is 11.9. The molecule has 0 bridgehead atoms. The molecule has 4 nitrogen and oxygen atoms in total. The van der Waals surface area contributed by atoms with Crippen LogP contribution in [0.15, 0.2) is 0 Å². The van der Waals surface area contributed by atoms with E-state index < -0.39 is 0 Å². The SMILES string of the molecule is CCOC(=O)C(CC)N(CCC(N)=S)C1CC1. The Balaban J connectivity index is 2.58. The molecule has 0 saturated heterocycles. The fourth-order valence-corrected chi connectivity index (χ4v) is 2.10. The number of rotatable bonds is 8. The number of carbonyl (C=O) groups is 1. The molecular weight excluding hydrogens is 236 g/mol. The smallest absolute Gasteiger partial charge is 0.323 e. The van der Waals surface area contributed by atoms with Gasteiger partial charge in [0.1, 0.15) is 6.04 Å². The Hall–Kier alpha value is -0.680. The van der Waals surface area contributed by atoms with E-state index in [1.165, 1.54) is 0 Å². The van der Waals surface area contributed by atoms with Crippen LogP contribution in [0.3, 0.4) is 0 Å². The molecule has 0 spiro atoms. The van der Waals surface area contributed by atoms with Gasteiger partial charge in [0.15, 0.2) is 0 Å². The Morgan fingerprint density at radius 1 is 1.53 bits per heavy atom. The largest absolute Gasteiger partial charge is 0.465 e. The molecular formula is C12H22N2O2S. The predicted octanol–water partition coefficient (Wildman–Crippen LogP) is 1.47. The number of hydrogen-bond donors (Lipinski definition) is 1. The van der Waals surface area contributed by atoms with Gasteiger partial charge >= 0.3 is 5.97 Å². The van der Waals surface area contributed by atoms with Crippen molar-refractivity contribution in [3.63, 3.8) is 0 Å². The first-order chi connectivity index (χ1) is 8.10. The molecule has 0 amide bonds. The average molecular weight is 258 g/mol. The summed E-state index contributed by atoms with van der Waals surface area (Å²) in [6.07, 6.45) is 3.76. The van der Waals surface area contributed by atoms with Gasteiger partial charge in [-0.15, -0.1) is 0 Å². The molecule has 17 heavy (non-hydrogen) atoms. The van der Waals surface area contributed by atoms with Crippen LogP contribution in [0, 0.1) is 0 Å². The van der Waals surface area contributed by atoms with Gasteiger partial charge in [-0.1, -0.05) is 19.1 Å². The highest BCUT2D eigenvalue weighted by molar-refractivity contribution is 7.80. The zero-order valence-corrected chi connectivity index (χ0v) is 11.5. The molecule has 1 aliphatic rings. The average Bonchev–Trinajstić information content (AvgIpc) is 3.07. The second-order valence-electron chi connectivity index (χ2n) is 4.36. The van der Waals surface area contributed by atoms with Gasteiger partial charge in [0.2, 0.25) is 0 Å². The summed E-state index contributed by atoms with van der Waals surface area (Å²) in [6.45, 7) is 5.04. The monoisotopic (exact) mass is 258 g/mol. The summed E-state index contributed by atoms with van der Waals surface area (Å²) in [5.74, 6) is -0.121. The lowest BCUT2D eigenvalue weighted by molar-refractivity contribution is -0.150. The highest BCUT2D eigenvalue weighted by atomic mass is 32.1. The maximum Gasteiger partial charge on any atom is 0.323 e. The second kappa shape index (κ2) is 6.91. The molecule has 1 atom stereocenters. The maximum absolute atomic E-state index is 11.9. The molecule has 5 heteroatoms. The van der Waals surface area contributed by atoms with Gasteiger partial charge < -0.3 is 10.5 Å². The van der Waals surface area contributed by atoms with Crippen LogP contribution in [0.5, 0.6) is 0 Å². The van der Waals surface area contributed by atoms with Crippen LogP contribution in [0.2, 0.25) is 0 Å². The van der Waals surface area contributed by atoms with Crippen LogP contribution in [0.25, 0.3) is 0 Å². The first-order valence-electron chi connectivity index (χ1n) is 6.30. The Kier molecular flexibility index (Phi) is 5.85. The number of nitrogens with zero attached hydrogens (tertiary/aromatic N) is 1. The van der Waals surface area contributed by atoms with Crippen molar-refractivity contribution in [3.8, 4) is 0 Å². The van der Waals surface area contributed by atoms with Crippen molar-refractivity contribution >= 4 is 23.2 Å². The fourth-order valence-electron chi connectivity index (χ4n) is 2.01. The molecule has 0 aromatic heterocycles. The van der Waals surface area contributed by atoms with Crippen LogP contribution in [-0.4, -0.2) is 41.1 Å². The van der Waals surface area contributed by atoms with Gasteiger partial charge in [-0.2, -0.15) is 0 Å². The topological polar surface area (TPSA) is 55.6 Å². The molecule has 2 N–H and O–H groups in total. The molecule has 1 rings (SSSR count). The van der Waals surface area contributed by atoms with Crippen molar-refractivity contribution in [1.29, 1.82) is 0 Å². The predicted molar refractivity (Wildman–Crippen MR) is 71.8 cm³/mol. The van der Waals surface area contributed by atoms with Gasteiger partial charge in [0, 0.05) is 19.0 Å². The number of thiocarbonyl (C=S) groups is 1. The highest BCUT2D eigenvalue weighted by Crippen LogP contribution is 2.30. The fraction of sp³-hybridized carbons (Fsp3) is 0.833. The summed E-state index contributed by atoms with van der Waals surface area (Å²) in [4.78, 5) is 14.6. The summed E-state index contributed by atoms with van der Waals surface area (Å²) in [5, 5.41) is 0. The molecule has 0 heterocycles. The number of esters is 1. The lowest BCUT2D eigenvalue weighted by atomic mass is 10.1. The summed E-state index contributed by atoms with van der Waals surface area (Å²) < 4.78 is 5.12. The minimum Gasteiger partial charge on any atom is -0.465 e. The first-order valence-corrected chi connectivity index (χ1v) is 6.71. The molecule has 1 unspecified atom stereocenters. The summed E-state index contributed by atoms with van der Waals surface area (Å²) >= 11 is 4.90. The second-order valence-corrected chi connectivity index (χ2v) is 4.89. The van der Waals surface area contributed by atoms with Crippen molar-refractivity contribution < 1.29 is 9.53 Å². The van der Waals surface area contributed by atoms with Gasteiger partial charge in [-0.25, -0.2) is 0 Å². The normalized spacial score (nSPS) is 16.9. The summed E-state index contributed by atoms with van der Waals surface area (Å²) in [7, 11) is 0. The van der Waals surface area contributed by atoms with Crippen molar-refractivity contribution in [2.45, 2.75) is 51.6 Å². The van der Waals surface area contributed by atoms with E-state index in [0.717, 1.165) is 25.8 Å². The van der Waals surface area contributed by atoms with Gasteiger partial charge in [0.25, 0.3) is 0 Å². The highest BCUT2D eigenvalue weighted by Gasteiger charge is 2.36. The van der Waals surface area contributed by atoms with Crippen molar-refractivity contribution in [1.82, 2.24) is 4.90 Å². The Morgan fingerprint density at radius 2 is 2.18 bits per heavy atom. The third kappa shape index (κ3) is 4.60. The van der Waals surface area contributed by atoms with E-state index in [2.05, 4.69) is 4.90 Å². The Labute approximate surface area is 108 Å². The minimum absolute atomic E-state index is 0.121. The quantitative estimate of drug-likeness (QED) is 0.528. The minimum atomic E-state index is -0.142.